The van der Waals surface area contributed by atoms with Crippen molar-refractivity contribution in [3.63, 3.8) is 0 Å². The van der Waals surface area contributed by atoms with Crippen LogP contribution in [0, 0.1) is 5.92 Å². The van der Waals surface area contributed by atoms with Crippen LogP contribution in [0.15, 0.2) is 18.2 Å². The number of benzene rings is 1. The van der Waals surface area contributed by atoms with Crippen molar-refractivity contribution in [1.82, 2.24) is 10.2 Å². The number of ether oxygens (including phenoxy) is 3. The van der Waals surface area contributed by atoms with Crippen LogP contribution in [-0.2, 0) is 9.53 Å². The Morgan fingerprint density at radius 3 is 2.63 bits per heavy atom. The van der Waals surface area contributed by atoms with Crippen LogP contribution in [0.5, 0.6) is 11.5 Å². The second kappa shape index (κ2) is 8.48. The van der Waals surface area contributed by atoms with E-state index in [4.69, 9.17) is 14.2 Å². The quantitative estimate of drug-likeness (QED) is 0.856. The molecule has 0 spiro atoms. The molecule has 1 aromatic carbocycles. The van der Waals surface area contributed by atoms with Crippen molar-refractivity contribution in [3.05, 3.63) is 23.8 Å². The van der Waals surface area contributed by atoms with Crippen LogP contribution >= 0.6 is 0 Å². The summed E-state index contributed by atoms with van der Waals surface area (Å²) in [6.45, 7) is 12.3. The fourth-order valence-electron chi connectivity index (χ4n) is 3.68. The number of hydrogen-bond acceptors (Lipinski definition) is 5. The van der Waals surface area contributed by atoms with E-state index in [9.17, 15) is 4.79 Å². The Hall–Kier alpha value is -1.79. The topological polar surface area (TPSA) is 60.0 Å². The van der Waals surface area contributed by atoms with Crippen LogP contribution in [0.1, 0.15) is 45.7 Å². The Bertz CT molecular complexity index is 660. The lowest BCUT2D eigenvalue weighted by atomic mass is 9.95. The van der Waals surface area contributed by atoms with Gasteiger partial charge in [-0.2, -0.15) is 0 Å². The Kier molecular flexibility index (Phi) is 6.27. The maximum absolute atomic E-state index is 12.7. The van der Waals surface area contributed by atoms with Crippen LogP contribution in [0.2, 0.25) is 0 Å². The molecule has 150 valence electrons. The van der Waals surface area contributed by atoms with Gasteiger partial charge in [-0.15, -0.1) is 0 Å². The molecule has 1 saturated heterocycles. The van der Waals surface area contributed by atoms with Crippen molar-refractivity contribution in [2.24, 2.45) is 5.92 Å². The molecule has 1 unspecified atom stereocenters. The highest BCUT2D eigenvalue weighted by atomic mass is 16.5. The van der Waals surface area contributed by atoms with Gasteiger partial charge in [0.15, 0.2) is 11.5 Å². The van der Waals surface area contributed by atoms with Gasteiger partial charge < -0.3 is 19.5 Å². The molecule has 6 nitrogen and oxygen atoms in total. The summed E-state index contributed by atoms with van der Waals surface area (Å²) >= 11 is 0. The Labute approximate surface area is 162 Å². The van der Waals surface area contributed by atoms with Gasteiger partial charge in [-0.1, -0.05) is 19.9 Å². The molecule has 27 heavy (non-hydrogen) atoms. The van der Waals surface area contributed by atoms with Crippen LogP contribution in [0.25, 0.3) is 0 Å². The summed E-state index contributed by atoms with van der Waals surface area (Å²) in [5, 5.41) is 3.21. The van der Waals surface area contributed by atoms with Crippen molar-refractivity contribution in [2.75, 3.05) is 39.5 Å². The van der Waals surface area contributed by atoms with Gasteiger partial charge in [-0.05, 0) is 37.5 Å². The second-order valence-corrected chi connectivity index (χ2v) is 8.36. The standard InChI is InChI=1S/C21H32N2O4/c1-15(2)20(16-6-7-17-18(12-16)26-10-5-9-25-17)22-19(24)13-23-8-11-27-21(3,4)14-23/h6-7,12,15,20H,5,8-11,13-14H2,1-4H3,(H,22,24). The number of fused-ring (bicyclic) bond motifs is 1. The van der Waals surface area contributed by atoms with E-state index in [1.165, 1.54) is 0 Å². The normalized spacial score (nSPS) is 20.8. The summed E-state index contributed by atoms with van der Waals surface area (Å²) in [5.41, 5.74) is 0.842. The fraction of sp³-hybridized carbons (Fsp3) is 0.667. The zero-order valence-corrected chi connectivity index (χ0v) is 16.9. The molecule has 1 fully saturated rings. The first-order valence-electron chi connectivity index (χ1n) is 9.89. The van der Waals surface area contributed by atoms with Gasteiger partial charge in [0.2, 0.25) is 5.91 Å². The fourth-order valence-corrected chi connectivity index (χ4v) is 3.68. The molecule has 2 aliphatic rings. The average molecular weight is 376 g/mol. The zero-order valence-electron chi connectivity index (χ0n) is 16.9. The second-order valence-electron chi connectivity index (χ2n) is 8.36. The SMILES string of the molecule is CC(C)C(NC(=O)CN1CCOC(C)(C)C1)c1ccc2c(c1)OCCCO2. The minimum absolute atomic E-state index is 0.0403. The third-order valence-corrected chi connectivity index (χ3v) is 4.99. The van der Waals surface area contributed by atoms with E-state index in [0.717, 1.165) is 36.6 Å². The number of amides is 1. The van der Waals surface area contributed by atoms with Gasteiger partial charge in [-0.25, -0.2) is 0 Å². The summed E-state index contributed by atoms with van der Waals surface area (Å²) < 4.78 is 17.3. The predicted octanol–water partition coefficient (Wildman–Crippen LogP) is 2.77. The first-order valence-corrected chi connectivity index (χ1v) is 9.89. The number of morpholine rings is 1. The lowest BCUT2D eigenvalue weighted by molar-refractivity contribution is -0.128. The number of rotatable bonds is 5. The first kappa shape index (κ1) is 20.0. The van der Waals surface area contributed by atoms with Gasteiger partial charge in [0.1, 0.15) is 0 Å². The summed E-state index contributed by atoms with van der Waals surface area (Å²) in [4.78, 5) is 14.9. The molecule has 6 heteroatoms. The molecule has 1 aromatic rings. The van der Waals surface area contributed by atoms with E-state index in [1.807, 2.05) is 18.2 Å². The van der Waals surface area contributed by atoms with Gasteiger partial charge in [0.25, 0.3) is 0 Å². The lowest BCUT2D eigenvalue weighted by Crippen LogP contribution is -2.51. The molecule has 1 amide bonds. The van der Waals surface area contributed by atoms with Crippen molar-refractivity contribution >= 4 is 5.91 Å². The molecule has 1 N–H and O–H groups in total. The number of carbonyl (C=O) groups is 1. The largest absolute Gasteiger partial charge is 0.490 e. The molecular weight excluding hydrogens is 344 g/mol. The molecule has 0 radical (unpaired) electrons. The predicted molar refractivity (Wildman–Crippen MR) is 104 cm³/mol. The molecule has 2 heterocycles. The van der Waals surface area contributed by atoms with E-state index >= 15 is 0 Å². The van der Waals surface area contributed by atoms with Crippen LogP contribution < -0.4 is 14.8 Å². The molecule has 3 rings (SSSR count). The molecule has 0 aromatic heterocycles. The van der Waals surface area contributed by atoms with E-state index in [2.05, 4.69) is 37.9 Å². The minimum atomic E-state index is -0.204. The average Bonchev–Trinajstić information content (AvgIpc) is 2.83. The highest BCUT2D eigenvalue weighted by molar-refractivity contribution is 5.78. The first-order chi connectivity index (χ1) is 12.8. The number of carbonyl (C=O) groups excluding carboxylic acids is 1. The van der Waals surface area contributed by atoms with Crippen molar-refractivity contribution in [1.29, 1.82) is 0 Å². The van der Waals surface area contributed by atoms with Crippen LogP contribution in [0.4, 0.5) is 0 Å². The van der Waals surface area contributed by atoms with E-state index in [0.29, 0.717) is 26.4 Å². The van der Waals surface area contributed by atoms with Gasteiger partial charge in [-0.3, -0.25) is 9.69 Å². The molecule has 0 aliphatic carbocycles. The Morgan fingerprint density at radius 1 is 1.19 bits per heavy atom. The summed E-state index contributed by atoms with van der Waals surface area (Å²) in [7, 11) is 0. The van der Waals surface area contributed by atoms with Crippen molar-refractivity contribution < 1.29 is 19.0 Å². The van der Waals surface area contributed by atoms with Crippen LogP contribution in [-0.4, -0.2) is 55.9 Å². The highest BCUT2D eigenvalue weighted by Gasteiger charge is 2.29. The smallest absolute Gasteiger partial charge is 0.234 e. The van der Waals surface area contributed by atoms with E-state index < -0.39 is 0 Å². The van der Waals surface area contributed by atoms with Gasteiger partial charge in [0.05, 0.1) is 38.0 Å². The minimum Gasteiger partial charge on any atom is -0.490 e. The molecule has 0 bridgehead atoms. The number of hydrogen-bond donors (Lipinski definition) is 1. The van der Waals surface area contributed by atoms with Gasteiger partial charge in [0, 0.05) is 19.5 Å². The zero-order chi connectivity index (χ0) is 19.4. The van der Waals surface area contributed by atoms with Gasteiger partial charge >= 0.3 is 0 Å². The summed E-state index contributed by atoms with van der Waals surface area (Å²) in [5.74, 6) is 1.85. The maximum atomic E-state index is 12.7. The van der Waals surface area contributed by atoms with E-state index in [1.54, 1.807) is 0 Å². The maximum Gasteiger partial charge on any atom is 0.234 e. The Morgan fingerprint density at radius 2 is 1.93 bits per heavy atom. The lowest BCUT2D eigenvalue weighted by Gasteiger charge is -2.38. The van der Waals surface area contributed by atoms with Crippen molar-refractivity contribution in [3.8, 4) is 11.5 Å². The number of nitrogens with zero attached hydrogens (tertiary/aromatic N) is 1. The molecule has 0 saturated carbocycles. The van der Waals surface area contributed by atoms with Crippen LogP contribution in [0.3, 0.4) is 0 Å². The van der Waals surface area contributed by atoms with E-state index in [-0.39, 0.29) is 23.5 Å². The van der Waals surface area contributed by atoms with Crippen molar-refractivity contribution in [2.45, 2.75) is 45.8 Å². The third-order valence-electron chi connectivity index (χ3n) is 4.99. The number of nitrogens with one attached hydrogen (secondary N) is 1. The Balaban J connectivity index is 1.67. The monoisotopic (exact) mass is 376 g/mol. The molecule has 2 aliphatic heterocycles. The molecular formula is C21H32N2O4. The highest BCUT2D eigenvalue weighted by Crippen LogP contribution is 2.34. The third kappa shape index (κ3) is 5.36. The summed E-state index contributed by atoms with van der Waals surface area (Å²) in [6.07, 6.45) is 0.879. The summed E-state index contributed by atoms with van der Waals surface area (Å²) in [6, 6.07) is 5.91. The molecule has 1 atom stereocenters.